The summed E-state index contributed by atoms with van der Waals surface area (Å²) in [5.41, 5.74) is -1.80. The van der Waals surface area contributed by atoms with E-state index >= 15 is 0 Å². The van der Waals surface area contributed by atoms with Crippen LogP contribution in [0.2, 0.25) is 0 Å². The third-order valence-corrected chi connectivity index (χ3v) is 2.09. The molecule has 1 aromatic heterocycles. The van der Waals surface area contributed by atoms with Crippen molar-refractivity contribution >= 4 is 11.7 Å². The van der Waals surface area contributed by atoms with Gasteiger partial charge in [-0.2, -0.15) is 0 Å². The van der Waals surface area contributed by atoms with Crippen LogP contribution in [0.3, 0.4) is 0 Å². The first-order valence-corrected chi connectivity index (χ1v) is 5.24. The molecule has 0 unspecified atom stereocenters. The molecular formula is C10H9F3N2O5. The molecule has 1 aromatic rings. The van der Waals surface area contributed by atoms with Gasteiger partial charge in [0.1, 0.15) is 0 Å². The van der Waals surface area contributed by atoms with E-state index in [0.29, 0.717) is 0 Å². The first kappa shape index (κ1) is 15.7. The van der Waals surface area contributed by atoms with Gasteiger partial charge in [-0.3, -0.25) is 10.1 Å². The zero-order valence-corrected chi connectivity index (χ0v) is 10.4. The van der Waals surface area contributed by atoms with Crippen LogP contribution in [0.15, 0.2) is 6.07 Å². The van der Waals surface area contributed by atoms with Crippen LogP contribution in [0.1, 0.15) is 23.0 Å². The van der Waals surface area contributed by atoms with Gasteiger partial charge < -0.3 is 9.47 Å². The SMILES string of the molecule is CCOC(=O)c1cc([N+](=O)[O-])c(C)c(OC(F)(F)F)n1. The molecule has 0 aliphatic carbocycles. The molecule has 0 aliphatic heterocycles. The quantitative estimate of drug-likeness (QED) is 0.481. The molecule has 1 rings (SSSR count). The van der Waals surface area contributed by atoms with Gasteiger partial charge in [0, 0.05) is 6.07 Å². The third kappa shape index (κ3) is 3.80. The van der Waals surface area contributed by atoms with Gasteiger partial charge in [0.25, 0.3) is 5.69 Å². The van der Waals surface area contributed by atoms with Crippen molar-refractivity contribution in [2.45, 2.75) is 20.2 Å². The van der Waals surface area contributed by atoms with E-state index in [9.17, 15) is 28.1 Å². The lowest BCUT2D eigenvalue weighted by atomic mass is 10.2. The van der Waals surface area contributed by atoms with E-state index < -0.39 is 40.1 Å². The Morgan fingerprint density at radius 3 is 2.55 bits per heavy atom. The summed E-state index contributed by atoms with van der Waals surface area (Å²) in [5.74, 6) is -2.14. The zero-order valence-electron chi connectivity index (χ0n) is 10.4. The lowest BCUT2D eigenvalue weighted by Gasteiger charge is -2.11. The van der Waals surface area contributed by atoms with Gasteiger partial charge in [0.05, 0.1) is 17.1 Å². The number of esters is 1. The van der Waals surface area contributed by atoms with Gasteiger partial charge >= 0.3 is 12.3 Å². The number of ether oxygens (including phenoxy) is 2. The highest BCUT2D eigenvalue weighted by Crippen LogP contribution is 2.30. The maximum Gasteiger partial charge on any atom is 0.574 e. The number of halogens is 3. The van der Waals surface area contributed by atoms with Gasteiger partial charge in [-0.15, -0.1) is 13.2 Å². The highest BCUT2D eigenvalue weighted by Gasteiger charge is 2.35. The van der Waals surface area contributed by atoms with Crippen molar-refractivity contribution in [2.75, 3.05) is 6.61 Å². The van der Waals surface area contributed by atoms with Gasteiger partial charge in [0.2, 0.25) is 5.88 Å². The highest BCUT2D eigenvalue weighted by molar-refractivity contribution is 5.88. The van der Waals surface area contributed by atoms with E-state index in [1.54, 1.807) is 0 Å². The fourth-order valence-electron chi connectivity index (χ4n) is 1.28. The van der Waals surface area contributed by atoms with Crippen molar-refractivity contribution in [3.8, 4) is 5.88 Å². The van der Waals surface area contributed by atoms with Crippen molar-refractivity contribution in [1.29, 1.82) is 0 Å². The number of nitro groups is 1. The van der Waals surface area contributed by atoms with E-state index in [4.69, 9.17) is 0 Å². The molecule has 0 bridgehead atoms. The Kier molecular flexibility index (Phi) is 4.48. The monoisotopic (exact) mass is 294 g/mol. The summed E-state index contributed by atoms with van der Waals surface area (Å²) in [6, 6.07) is 0.733. The van der Waals surface area contributed by atoms with E-state index in [0.717, 1.165) is 13.0 Å². The van der Waals surface area contributed by atoms with Crippen molar-refractivity contribution < 1.29 is 32.4 Å². The van der Waals surface area contributed by atoms with E-state index in [1.807, 2.05) is 0 Å². The van der Waals surface area contributed by atoms with Crippen LogP contribution >= 0.6 is 0 Å². The van der Waals surface area contributed by atoms with Crippen molar-refractivity contribution in [1.82, 2.24) is 4.98 Å². The van der Waals surface area contributed by atoms with Gasteiger partial charge in [-0.1, -0.05) is 0 Å². The molecule has 10 heteroatoms. The van der Waals surface area contributed by atoms with Gasteiger partial charge in [-0.25, -0.2) is 9.78 Å². The molecule has 1 heterocycles. The standard InChI is InChI=1S/C10H9F3N2O5/c1-3-19-9(16)6-4-7(15(17)18)5(2)8(14-6)20-10(11,12)13/h4H,3H2,1-2H3. The predicted octanol–water partition coefficient (Wildman–Crippen LogP) is 2.37. The second-order valence-electron chi connectivity index (χ2n) is 3.48. The Labute approximate surface area is 110 Å². The number of aromatic nitrogens is 1. The minimum absolute atomic E-state index is 0.0579. The summed E-state index contributed by atoms with van der Waals surface area (Å²) < 4.78 is 44.7. The van der Waals surface area contributed by atoms with Crippen LogP contribution in [0.5, 0.6) is 5.88 Å². The van der Waals surface area contributed by atoms with Crippen LogP contribution < -0.4 is 4.74 Å². The molecule has 7 nitrogen and oxygen atoms in total. The fraction of sp³-hybridized carbons (Fsp3) is 0.400. The number of alkyl halides is 3. The molecule has 0 N–H and O–H groups in total. The number of pyridine rings is 1. The first-order chi connectivity index (χ1) is 9.15. The second-order valence-corrected chi connectivity index (χ2v) is 3.48. The summed E-state index contributed by atoms with van der Waals surface area (Å²) >= 11 is 0. The number of hydrogen-bond donors (Lipinski definition) is 0. The topological polar surface area (TPSA) is 91.6 Å². The average molecular weight is 294 g/mol. The Bertz CT molecular complexity index is 544. The number of rotatable bonds is 4. The lowest BCUT2D eigenvalue weighted by molar-refractivity contribution is -0.385. The molecule has 0 fully saturated rings. The minimum atomic E-state index is -5.08. The second kappa shape index (κ2) is 5.72. The van der Waals surface area contributed by atoms with Crippen LogP contribution in [0.25, 0.3) is 0 Å². The van der Waals surface area contributed by atoms with E-state index in [1.165, 1.54) is 6.92 Å². The molecule has 0 radical (unpaired) electrons. The predicted molar refractivity (Wildman–Crippen MR) is 58.3 cm³/mol. The number of carbonyl (C=O) groups is 1. The van der Waals surface area contributed by atoms with Crippen LogP contribution in [-0.4, -0.2) is 28.8 Å². The summed E-state index contributed by atoms with van der Waals surface area (Å²) in [6.45, 7) is 2.44. The largest absolute Gasteiger partial charge is 0.574 e. The Hall–Kier alpha value is -2.39. The maximum atomic E-state index is 12.2. The fourth-order valence-corrected chi connectivity index (χ4v) is 1.28. The molecule has 0 aromatic carbocycles. The summed E-state index contributed by atoms with van der Waals surface area (Å²) in [4.78, 5) is 24.5. The van der Waals surface area contributed by atoms with Gasteiger partial charge in [0.15, 0.2) is 5.69 Å². The Morgan fingerprint density at radius 1 is 1.50 bits per heavy atom. The smallest absolute Gasteiger partial charge is 0.461 e. The lowest BCUT2D eigenvalue weighted by Crippen LogP contribution is -2.20. The zero-order chi connectivity index (χ0) is 15.5. The van der Waals surface area contributed by atoms with Crippen molar-refractivity contribution in [2.24, 2.45) is 0 Å². The Balaban J connectivity index is 3.35. The first-order valence-electron chi connectivity index (χ1n) is 5.24. The van der Waals surface area contributed by atoms with Crippen molar-refractivity contribution in [3.63, 3.8) is 0 Å². The van der Waals surface area contributed by atoms with Crippen molar-refractivity contribution in [3.05, 3.63) is 27.4 Å². The average Bonchev–Trinajstić information content (AvgIpc) is 2.29. The number of carbonyl (C=O) groups excluding carboxylic acids is 1. The third-order valence-electron chi connectivity index (χ3n) is 2.09. The molecule has 20 heavy (non-hydrogen) atoms. The normalized spacial score (nSPS) is 11.1. The summed E-state index contributed by atoms with van der Waals surface area (Å²) in [7, 11) is 0. The highest BCUT2D eigenvalue weighted by atomic mass is 19.4. The molecule has 0 saturated carbocycles. The molecular weight excluding hydrogens is 285 g/mol. The number of hydrogen-bond acceptors (Lipinski definition) is 6. The van der Waals surface area contributed by atoms with Gasteiger partial charge in [-0.05, 0) is 13.8 Å². The van der Waals surface area contributed by atoms with E-state index in [-0.39, 0.29) is 6.61 Å². The van der Waals surface area contributed by atoms with Crippen LogP contribution in [-0.2, 0) is 4.74 Å². The van der Waals surface area contributed by atoms with E-state index in [2.05, 4.69) is 14.5 Å². The Morgan fingerprint density at radius 2 is 2.10 bits per heavy atom. The molecule has 0 spiro atoms. The molecule has 0 amide bonds. The maximum absolute atomic E-state index is 12.2. The molecule has 0 saturated heterocycles. The molecule has 0 atom stereocenters. The van der Waals surface area contributed by atoms with Crippen LogP contribution in [0.4, 0.5) is 18.9 Å². The molecule has 0 aliphatic rings. The summed E-state index contributed by atoms with van der Waals surface area (Å²) in [6.07, 6.45) is -5.08. The molecule has 110 valence electrons. The number of nitrogens with zero attached hydrogens (tertiary/aromatic N) is 2. The van der Waals surface area contributed by atoms with Crippen LogP contribution in [0, 0.1) is 17.0 Å². The minimum Gasteiger partial charge on any atom is -0.461 e. The summed E-state index contributed by atoms with van der Waals surface area (Å²) in [5, 5.41) is 10.8.